The van der Waals surface area contributed by atoms with Crippen LogP contribution in [0.2, 0.25) is 5.02 Å². The first kappa shape index (κ1) is 14.9. The molecule has 5 heteroatoms. The molecule has 4 nitrogen and oxygen atoms in total. The maximum atomic E-state index is 12.5. The zero-order chi connectivity index (χ0) is 14.9. The van der Waals surface area contributed by atoms with E-state index in [-0.39, 0.29) is 17.9 Å². The summed E-state index contributed by atoms with van der Waals surface area (Å²) in [5, 5.41) is 3.42. The molecule has 0 aromatic heterocycles. The lowest BCUT2D eigenvalue weighted by atomic mass is 10.00. The van der Waals surface area contributed by atoms with Crippen LogP contribution < -0.4 is 5.32 Å². The first-order chi connectivity index (χ1) is 9.45. The van der Waals surface area contributed by atoms with Gasteiger partial charge < -0.3 is 10.2 Å². The Morgan fingerprint density at radius 1 is 1.30 bits per heavy atom. The molecule has 1 heterocycles. The molecule has 2 amide bonds. The Labute approximate surface area is 124 Å². The summed E-state index contributed by atoms with van der Waals surface area (Å²) in [6.07, 6.45) is 0.598. The number of hydrogen-bond acceptors (Lipinski definition) is 2. The molecule has 1 aromatic carbocycles. The van der Waals surface area contributed by atoms with Crippen molar-refractivity contribution in [3.63, 3.8) is 0 Å². The third-order valence-corrected chi connectivity index (χ3v) is 4.10. The van der Waals surface area contributed by atoms with Crippen molar-refractivity contribution in [2.75, 3.05) is 0 Å². The van der Waals surface area contributed by atoms with Gasteiger partial charge in [-0.2, -0.15) is 0 Å². The molecule has 1 aliphatic heterocycles. The number of rotatable bonds is 3. The number of hydrogen-bond donors (Lipinski definition) is 1. The monoisotopic (exact) mass is 294 g/mol. The van der Waals surface area contributed by atoms with E-state index < -0.39 is 12.1 Å². The van der Waals surface area contributed by atoms with Gasteiger partial charge in [0.2, 0.25) is 11.8 Å². The molecule has 1 N–H and O–H groups in total. The summed E-state index contributed by atoms with van der Waals surface area (Å²) in [6, 6.07) is 6.33. The molecule has 0 saturated carbocycles. The second-order valence-electron chi connectivity index (χ2n) is 5.12. The number of halogens is 1. The highest BCUT2D eigenvalue weighted by Crippen LogP contribution is 2.27. The van der Waals surface area contributed by atoms with Crippen LogP contribution in [0.15, 0.2) is 24.3 Å². The summed E-state index contributed by atoms with van der Waals surface area (Å²) in [7, 11) is 0. The van der Waals surface area contributed by atoms with Crippen molar-refractivity contribution in [3.05, 3.63) is 34.9 Å². The minimum absolute atomic E-state index is 0.0259. The normalized spacial score (nSPS) is 24.5. The summed E-state index contributed by atoms with van der Waals surface area (Å²) in [4.78, 5) is 26.1. The molecule has 1 saturated heterocycles. The highest BCUT2D eigenvalue weighted by molar-refractivity contribution is 6.30. The van der Waals surface area contributed by atoms with Crippen LogP contribution in [0.3, 0.4) is 0 Å². The molecule has 1 fully saturated rings. The zero-order valence-electron chi connectivity index (χ0n) is 11.9. The van der Waals surface area contributed by atoms with Gasteiger partial charge in [0, 0.05) is 5.02 Å². The molecule has 108 valence electrons. The summed E-state index contributed by atoms with van der Waals surface area (Å²) < 4.78 is 0. The standard InChI is InChI=1S/C15H19ClN2O2/c1-4-13-15(20)18(10(3)14(19)17-13)9(2)11-5-7-12(16)8-6-11/h5-10,13H,4H2,1-3H3,(H,17,19). The van der Waals surface area contributed by atoms with Gasteiger partial charge in [-0.15, -0.1) is 0 Å². The molecule has 1 aromatic rings. The molecule has 0 bridgehead atoms. The minimum Gasteiger partial charge on any atom is -0.343 e. The van der Waals surface area contributed by atoms with Crippen LogP contribution in [0.4, 0.5) is 0 Å². The lowest BCUT2D eigenvalue weighted by molar-refractivity contribution is -0.151. The van der Waals surface area contributed by atoms with Crippen LogP contribution in [0.25, 0.3) is 0 Å². The molecular formula is C15H19ClN2O2. The lowest BCUT2D eigenvalue weighted by Gasteiger charge is -2.41. The predicted octanol–water partition coefficient (Wildman–Crippen LogP) is 2.53. The number of nitrogens with zero attached hydrogens (tertiary/aromatic N) is 1. The molecular weight excluding hydrogens is 276 g/mol. The summed E-state index contributed by atoms with van der Waals surface area (Å²) >= 11 is 5.88. The summed E-state index contributed by atoms with van der Waals surface area (Å²) in [5.74, 6) is -0.126. The van der Waals surface area contributed by atoms with Gasteiger partial charge >= 0.3 is 0 Å². The number of amides is 2. The van der Waals surface area contributed by atoms with Gasteiger partial charge in [-0.05, 0) is 38.0 Å². The Balaban J connectivity index is 2.30. The van der Waals surface area contributed by atoms with E-state index in [9.17, 15) is 9.59 Å². The third kappa shape index (κ3) is 2.66. The zero-order valence-corrected chi connectivity index (χ0v) is 12.6. The van der Waals surface area contributed by atoms with Crippen LogP contribution in [-0.2, 0) is 9.59 Å². The van der Waals surface area contributed by atoms with Gasteiger partial charge in [0.25, 0.3) is 0 Å². The fourth-order valence-corrected chi connectivity index (χ4v) is 2.68. The van der Waals surface area contributed by atoms with Gasteiger partial charge in [0.1, 0.15) is 12.1 Å². The number of carbonyl (C=O) groups excluding carboxylic acids is 2. The summed E-state index contributed by atoms with van der Waals surface area (Å²) in [5.41, 5.74) is 0.971. The van der Waals surface area contributed by atoms with E-state index in [1.165, 1.54) is 0 Å². The SMILES string of the molecule is CCC1NC(=O)C(C)N(C(C)c2ccc(Cl)cc2)C1=O. The maximum absolute atomic E-state index is 12.5. The van der Waals surface area contributed by atoms with Crippen LogP contribution in [-0.4, -0.2) is 28.8 Å². The Bertz CT molecular complexity index is 515. The second-order valence-corrected chi connectivity index (χ2v) is 5.55. The van der Waals surface area contributed by atoms with Crippen LogP contribution in [0.5, 0.6) is 0 Å². The Kier molecular flexibility index (Phi) is 4.33. The van der Waals surface area contributed by atoms with Gasteiger partial charge in [-0.25, -0.2) is 0 Å². The smallest absolute Gasteiger partial charge is 0.246 e. The second kappa shape index (κ2) is 5.83. The fraction of sp³-hybridized carbons (Fsp3) is 0.467. The molecule has 3 unspecified atom stereocenters. The maximum Gasteiger partial charge on any atom is 0.246 e. The molecule has 20 heavy (non-hydrogen) atoms. The number of carbonyl (C=O) groups is 2. The largest absolute Gasteiger partial charge is 0.343 e. The topological polar surface area (TPSA) is 49.4 Å². The average molecular weight is 295 g/mol. The molecule has 0 aliphatic carbocycles. The van der Waals surface area contributed by atoms with Gasteiger partial charge in [0.15, 0.2) is 0 Å². The van der Waals surface area contributed by atoms with Crippen molar-refractivity contribution >= 4 is 23.4 Å². The highest BCUT2D eigenvalue weighted by atomic mass is 35.5. The van der Waals surface area contributed by atoms with E-state index in [4.69, 9.17) is 11.6 Å². The molecule has 2 rings (SSSR count). The third-order valence-electron chi connectivity index (χ3n) is 3.84. The van der Waals surface area contributed by atoms with Gasteiger partial charge in [-0.3, -0.25) is 9.59 Å². The molecule has 3 atom stereocenters. The molecule has 0 spiro atoms. The fourth-order valence-electron chi connectivity index (χ4n) is 2.56. The number of nitrogens with one attached hydrogen (secondary N) is 1. The number of benzene rings is 1. The van der Waals surface area contributed by atoms with Crippen molar-refractivity contribution in [1.29, 1.82) is 0 Å². The quantitative estimate of drug-likeness (QED) is 0.931. The summed E-state index contributed by atoms with van der Waals surface area (Å²) in [6.45, 7) is 5.58. The van der Waals surface area contributed by atoms with Gasteiger partial charge in [0.05, 0.1) is 6.04 Å². The van der Waals surface area contributed by atoms with E-state index >= 15 is 0 Å². The predicted molar refractivity (Wildman–Crippen MR) is 78.4 cm³/mol. The van der Waals surface area contributed by atoms with E-state index in [1.807, 2.05) is 26.0 Å². The van der Waals surface area contributed by atoms with Crippen LogP contribution >= 0.6 is 11.6 Å². The van der Waals surface area contributed by atoms with E-state index in [0.29, 0.717) is 11.4 Å². The van der Waals surface area contributed by atoms with Crippen molar-refractivity contribution < 1.29 is 9.59 Å². The van der Waals surface area contributed by atoms with Crippen molar-refractivity contribution in [3.8, 4) is 0 Å². The van der Waals surface area contributed by atoms with Gasteiger partial charge in [-0.1, -0.05) is 30.7 Å². The molecule has 0 radical (unpaired) electrons. The highest BCUT2D eigenvalue weighted by Gasteiger charge is 2.39. The Morgan fingerprint density at radius 2 is 1.90 bits per heavy atom. The first-order valence-corrected chi connectivity index (χ1v) is 7.21. The lowest BCUT2D eigenvalue weighted by Crippen LogP contribution is -2.62. The van der Waals surface area contributed by atoms with E-state index in [0.717, 1.165) is 5.56 Å². The Morgan fingerprint density at radius 3 is 2.45 bits per heavy atom. The van der Waals surface area contributed by atoms with Crippen molar-refractivity contribution in [2.24, 2.45) is 0 Å². The molecule has 1 aliphatic rings. The Hall–Kier alpha value is -1.55. The van der Waals surface area contributed by atoms with Crippen LogP contribution in [0, 0.1) is 0 Å². The average Bonchev–Trinajstić information content (AvgIpc) is 2.43. The minimum atomic E-state index is -0.462. The number of piperazine rings is 1. The van der Waals surface area contributed by atoms with E-state index in [2.05, 4.69) is 5.32 Å². The van der Waals surface area contributed by atoms with Crippen molar-refractivity contribution in [1.82, 2.24) is 10.2 Å². The first-order valence-electron chi connectivity index (χ1n) is 6.83. The van der Waals surface area contributed by atoms with Crippen molar-refractivity contribution in [2.45, 2.75) is 45.3 Å². The van der Waals surface area contributed by atoms with Crippen LogP contribution in [0.1, 0.15) is 38.8 Å². The van der Waals surface area contributed by atoms with E-state index in [1.54, 1.807) is 24.0 Å².